The minimum Gasteiger partial charge on any atom is -0.384 e. The SMILES string of the molecule is CNCCn1nc(C(=O)[C@H](CC(C)C)NC(=O)C2CCCCC2)oc1=O. The van der Waals surface area contributed by atoms with Crippen LogP contribution in [0.2, 0.25) is 0 Å². The summed E-state index contributed by atoms with van der Waals surface area (Å²) in [5.74, 6) is -1.25. The predicted octanol–water partition coefficient (Wildman–Crippen LogP) is 1.35. The summed E-state index contributed by atoms with van der Waals surface area (Å²) in [7, 11) is 1.76. The molecule has 0 bridgehead atoms. The molecule has 0 spiro atoms. The Morgan fingerprint density at radius 1 is 1.27 bits per heavy atom. The molecule has 1 aliphatic rings. The first-order valence-electron chi connectivity index (χ1n) is 9.49. The molecule has 1 aromatic rings. The van der Waals surface area contributed by atoms with E-state index in [9.17, 15) is 14.4 Å². The molecule has 1 aliphatic carbocycles. The number of hydrogen-bond acceptors (Lipinski definition) is 6. The van der Waals surface area contributed by atoms with Gasteiger partial charge in [0.25, 0.3) is 5.89 Å². The minimum atomic E-state index is -0.722. The fourth-order valence-electron chi connectivity index (χ4n) is 3.27. The molecule has 8 nitrogen and oxygen atoms in total. The summed E-state index contributed by atoms with van der Waals surface area (Å²) < 4.78 is 6.15. The van der Waals surface area contributed by atoms with Crippen molar-refractivity contribution in [2.75, 3.05) is 13.6 Å². The normalized spacial score (nSPS) is 16.6. The number of likely N-dealkylation sites (N-methyl/N-ethyl adjacent to an activating group) is 1. The van der Waals surface area contributed by atoms with E-state index in [4.69, 9.17) is 4.42 Å². The van der Waals surface area contributed by atoms with Crippen molar-refractivity contribution in [3.05, 3.63) is 16.4 Å². The predicted molar refractivity (Wildman–Crippen MR) is 97.0 cm³/mol. The molecule has 0 saturated heterocycles. The third kappa shape index (κ3) is 5.52. The molecule has 146 valence electrons. The fraction of sp³-hybridized carbons (Fsp3) is 0.778. The maximum atomic E-state index is 12.8. The maximum Gasteiger partial charge on any atom is 0.437 e. The Labute approximate surface area is 153 Å². The molecule has 1 heterocycles. The van der Waals surface area contributed by atoms with E-state index in [2.05, 4.69) is 15.7 Å². The first-order chi connectivity index (χ1) is 12.4. The highest BCUT2D eigenvalue weighted by Crippen LogP contribution is 2.24. The molecule has 1 atom stereocenters. The number of nitrogens with one attached hydrogen (secondary N) is 2. The van der Waals surface area contributed by atoms with Crippen molar-refractivity contribution in [1.82, 2.24) is 20.4 Å². The van der Waals surface area contributed by atoms with Crippen LogP contribution in [0.3, 0.4) is 0 Å². The van der Waals surface area contributed by atoms with Gasteiger partial charge in [0.15, 0.2) is 0 Å². The van der Waals surface area contributed by atoms with Gasteiger partial charge in [0.1, 0.15) is 0 Å². The molecule has 8 heteroatoms. The molecule has 0 unspecified atom stereocenters. The van der Waals surface area contributed by atoms with Crippen LogP contribution in [0, 0.1) is 11.8 Å². The Hall–Kier alpha value is -1.96. The van der Waals surface area contributed by atoms with Crippen LogP contribution in [0.4, 0.5) is 0 Å². The molecular formula is C18H30N4O4. The van der Waals surface area contributed by atoms with E-state index < -0.39 is 17.6 Å². The van der Waals surface area contributed by atoms with E-state index in [0.29, 0.717) is 19.5 Å². The Kier molecular flexibility index (Phi) is 7.56. The molecule has 1 fully saturated rings. The van der Waals surface area contributed by atoms with Crippen molar-refractivity contribution in [2.45, 2.75) is 65.0 Å². The van der Waals surface area contributed by atoms with Gasteiger partial charge in [-0.2, -0.15) is 4.68 Å². The molecule has 1 amide bonds. The van der Waals surface area contributed by atoms with Crippen molar-refractivity contribution in [1.29, 1.82) is 0 Å². The summed E-state index contributed by atoms with van der Waals surface area (Å²) in [6, 6.07) is -0.722. The Bertz CT molecular complexity index is 658. The summed E-state index contributed by atoms with van der Waals surface area (Å²) in [6.07, 6.45) is 5.46. The lowest BCUT2D eigenvalue weighted by atomic mass is 9.88. The number of amides is 1. The zero-order valence-corrected chi connectivity index (χ0v) is 15.9. The smallest absolute Gasteiger partial charge is 0.384 e. The van der Waals surface area contributed by atoms with Crippen molar-refractivity contribution in [3.63, 3.8) is 0 Å². The minimum absolute atomic E-state index is 0.0357. The highest BCUT2D eigenvalue weighted by Gasteiger charge is 2.30. The van der Waals surface area contributed by atoms with Crippen molar-refractivity contribution >= 4 is 11.7 Å². The van der Waals surface area contributed by atoms with Crippen molar-refractivity contribution < 1.29 is 14.0 Å². The Morgan fingerprint density at radius 2 is 1.96 bits per heavy atom. The van der Waals surface area contributed by atoms with E-state index >= 15 is 0 Å². The molecule has 0 radical (unpaired) electrons. The van der Waals surface area contributed by atoms with Crippen LogP contribution in [0.15, 0.2) is 9.21 Å². The van der Waals surface area contributed by atoms with Crippen LogP contribution in [0.25, 0.3) is 0 Å². The summed E-state index contributed by atoms with van der Waals surface area (Å²) in [5.41, 5.74) is 0. The number of carbonyl (C=O) groups is 2. The van der Waals surface area contributed by atoms with Gasteiger partial charge in [-0.15, -0.1) is 5.10 Å². The van der Waals surface area contributed by atoms with Gasteiger partial charge in [-0.05, 0) is 32.2 Å². The molecule has 2 N–H and O–H groups in total. The van der Waals surface area contributed by atoms with Crippen LogP contribution in [-0.4, -0.2) is 41.1 Å². The molecule has 0 aromatic carbocycles. The number of Topliss-reactive ketones (excluding diaryl/α,β-unsaturated/α-hetero) is 1. The monoisotopic (exact) mass is 366 g/mol. The molecular weight excluding hydrogens is 336 g/mol. The number of carbonyl (C=O) groups excluding carboxylic acids is 2. The number of ketones is 1. The van der Waals surface area contributed by atoms with Crippen LogP contribution < -0.4 is 16.4 Å². The second-order valence-corrected chi connectivity index (χ2v) is 7.39. The van der Waals surface area contributed by atoms with Gasteiger partial charge >= 0.3 is 5.76 Å². The van der Waals surface area contributed by atoms with Crippen LogP contribution in [0.5, 0.6) is 0 Å². The standard InChI is InChI=1S/C18H30N4O4/c1-12(2)11-14(20-16(24)13-7-5-4-6-8-13)15(23)17-21-22(10-9-19-3)18(25)26-17/h12-14,19H,4-11H2,1-3H3,(H,20,24)/t14-/m0/s1. The third-order valence-electron chi connectivity index (χ3n) is 4.71. The van der Waals surface area contributed by atoms with E-state index in [1.807, 2.05) is 13.8 Å². The molecule has 26 heavy (non-hydrogen) atoms. The summed E-state index contributed by atoms with van der Waals surface area (Å²) in [6.45, 7) is 4.81. The third-order valence-corrected chi connectivity index (χ3v) is 4.71. The number of nitrogens with zero attached hydrogens (tertiary/aromatic N) is 2. The number of hydrogen-bond donors (Lipinski definition) is 2. The Balaban J connectivity index is 2.10. The summed E-state index contributed by atoms with van der Waals surface area (Å²) >= 11 is 0. The Morgan fingerprint density at radius 3 is 2.58 bits per heavy atom. The first-order valence-corrected chi connectivity index (χ1v) is 9.49. The average Bonchev–Trinajstić information content (AvgIpc) is 2.99. The lowest BCUT2D eigenvalue weighted by Crippen LogP contribution is -2.45. The topological polar surface area (TPSA) is 106 Å². The quantitative estimate of drug-likeness (QED) is 0.639. The summed E-state index contributed by atoms with van der Waals surface area (Å²) in [4.78, 5) is 37.2. The van der Waals surface area contributed by atoms with E-state index in [1.54, 1.807) is 7.05 Å². The highest BCUT2D eigenvalue weighted by molar-refractivity contribution is 5.98. The van der Waals surface area contributed by atoms with Gasteiger partial charge in [0.2, 0.25) is 11.7 Å². The van der Waals surface area contributed by atoms with Crippen molar-refractivity contribution in [3.8, 4) is 0 Å². The first kappa shape index (κ1) is 20.4. The van der Waals surface area contributed by atoms with Gasteiger partial charge in [0, 0.05) is 12.5 Å². The van der Waals surface area contributed by atoms with E-state index in [0.717, 1.165) is 36.8 Å². The molecule has 0 aliphatic heterocycles. The van der Waals surface area contributed by atoms with Crippen molar-refractivity contribution in [2.24, 2.45) is 11.8 Å². The molecule has 1 aromatic heterocycles. The maximum absolute atomic E-state index is 12.8. The van der Waals surface area contributed by atoms with Crippen LogP contribution in [-0.2, 0) is 11.3 Å². The van der Waals surface area contributed by atoms with E-state index in [-0.39, 0.29) is 23.6 Å². The fourth-order valence-corrected chi connectivity index (χ4v) is 3.27. The highest BCUT2D eigenvalue weighted by atomic mass is 16.4. The van der Waals surface area contributed by atoms with Gasteiger partial charge in [-0.1, -0.05) is 33.1 Å². The lowest BCUT2D eigenvalue weighted by molar-refractivity contribution is -0.126. The second kappa shape index (κ2) is 9.66. The zero-order chi connectivity index (χ0) is 19.1. The second-order valence-electron chi connectivity index (χ2n) is 7.39. The van der Waals surface area contributed by atoms with Gasteiger partial charge in [0.05, 0.1) is 12.6 Å². The lowest BCUT2D eigenvalue weighted by Gasteiger charge is -2.24. The number of aromatic nitrogens is 2. The average molecular weight is 366 g/mol. The van der Waals surface area contributed by atoms with Gasteiger partial charge < -0.3 is 15.1 Å². The zero-order valence-electron chi connectivity index (χ0n) is 15.9. The summed E-state index contributed by atoms with van der Waals surface area (Å²) in [5, 5.41) is 9.78. The van der Waals surface area contributed by atoms with E-state index in [1.165, 1.54) is 0 Å². The largest absolute Gasteiger partial charge is 0.437 e. The van der Waals surface area contributed by atoms with Gasteiger partial charge in [-0.25, -0.2) is 4.79 Å². The van der Waals surface area contributed by atoms with Crippen LogP contribution in [0.1, 0.15) is 63.1 Å². The van der Waals surface area contributed by atoms with Crippen LogP contribution >= 0.6 is 0 Å². The van der Waals surface area contributed by atoms with Gasteiger partial charge in [-0.3, -0.25) is 9.59 Å². The molecule has 1 saturated carbocycles. The molecule has 2 rings (SSSR count). The number of rotatable bonds is 9.